The van der Waals surface area contributed by atoms with Crippen molar-refractivity contribution in [3.05, 3.63) is 72.1 Å². The number of thioether (sulfide) groups is 1. The molecular weight excluding hydrogens is 334 g/mol. The molecular formula is C19H19N3O2S. The van der Waals surface area contributed by atoms with Gasteiger partial charge in [0.05, 0.1) is 0 Å². The van der Waals surface area contributed by atoms with Gasteiger partial charge in [0, 0.05) is 11.1 Å². The second-order valence-electron chi connectivity index (χ2n) is 5.50. The fourth-order valence-electron chi connectivity index (χ4n) is 2.41. The van der Waals surface area contributed by atoms with E-state index >= 15 is 0 Å². The van der Waals surface area contributed by atoms with Gasteiger partial charge in [-0.15, -0.1) is 0 Å². The zero-order valence-corrected chi connectivity index (χ0v) is 14.7. The zero-order chi connectivity index (χ0) is 17.5. The van der Waals surface area contributed by atoms with Gasteiger partial charge in [-0.05, 0) is 30.6 Å². The van der Waals surface area contributed by atoms with Crippen molar-refractivity contribution in [3.63, 3.8) is 0 Å². The van der Waals surface area contributed by atoms with Gasteiger partial charge in [0.1, 0.15) is 6.04 Å². The Morgan fingerprint density at radius 1 is 1.12 bits per heavy atom. The zero-order valence-electron chi connectivity index (χ0n) is 13.9. The van der Waals surface area contributed by atoms with Crippen LogP contribution < -0.4 is 5.32 Å². The smallest absolute Gasteiger partial charge is 0.251 e. The quantitative estimate of drug-likeness (QED) is 0.696. The standard InChI is InChI=1S/C19H19N3O2S/c1-25-13-12-16(20-18(23)15-10-6-3-7-11-15)19-21-17(22-24-19)14-8-4-2-5-9-14/h2-11,16H,12-13H2,1H3,(H,20,23)/t16-/m1/s1. The molecule has 0 saturated carbocycles. The first-order valence-electron chi connectivity index (χ1n) is 8.02. The first-order valence-corrected chi connectivity index (χ1v) is 9.41. The third-order valence-electron chi connectivity index (χ3n) is 3.72. The molecule has 2 aromatic carbocycles. The van der Waals surface area contributed by atoms with Crippen LogP contribution in [0.3, 0.4) is 0 Å². The van der Waals surface area contributed by atoms with Crippen LogP contribution in [-0.2, 0) is 0 Å². The highest BCUT2D eigenvalue weighted by Crippen LogP contribution is 2.22. The highest BCUT2D eigenvalue weighted by atomic mass is 32.2. The van der Waals surface area contributed by atoms with Crippen molar-refractivity contribution in [2.45, 2.75) is 12.5 Å². The summed E-state index contributed by atoms with van der Waals surface area (Å²) >= 11 is 1.71. The largest absolute Gasteiger partial charge is 0.340 e. The molecule has 1 N–H and O–H groups in total. The molecule has 0 radical (unpaired) electrons. The molecule has 1 heterocycles. The first-order chi connectivity index (χ1) is 12.3. The molecule has 0 fully saturated rings. The molecule has 0 saturated heterocycles. The molecule has 0 aliphatic heterocycles. The van der Waals surface area contributed by atoms with Crippen LogP contribution in [0, 0.1) is 0 Å². The highest BCUT2D eigenvalue weighted by Gasteiger charge is 2.22. The fourth-order valence-corrected chi connectivity index (χ4v) is 2.88. The van der Waals surface area contributed by atoms with E-state index in [-0.39, 0.29) is 11.9 Å². The van der Waals surface area contributed by atoms with Crippen LogP contribution in [0.4, 0.5) is 0 Å². The monoisotopic (exact) mass is 353 g/mol. The second kappa shape index (κ2) is 8.48. The normalized spacial score (nSPS) is 11.9. The first kappa shape index (κ1) is 17.2. The summed E-state index contributed by atoms with van der Waals surface area (Å²) in [6, 6.07) is 18.4. The fraction of sp³-hybridized carbons (Fsp3) is 0.211. The molecule has 6 heteroatoms. The van der Waals surface area contributed by atoms with Crippen LogP contribution in [0.2, 0.25) is 0 Å². The molecule has 1 aromatic heterocycles. The van der Waals surface area contributed by atoms with Crippen molar-refractivity contribution in [1.82, 2.24) is 15.5 Å². The van der Waals surface area contributed by atoms with Gasteiger partial charge in [-0.25, -0.2) is 0 Å². The molecule has 3 rings (SSSR count). The van der Waals surface area contributed by atoms with Gasteiger partial charge >= 0.3 is 0 Å². The summed E-state index contributed by atoms with van der Waals surface area (Å²) in [6.45, 7) is 0. The summed E-state index contributed by atoms with van der Waals surface area (Å²) in [5.74, 6) is 1.69. The van der Waals surface area contributed by atoms with Gasteiger partial charge < -0.3 is 9.84 Å². The Labute approximate surface area is 150 Å². The lowest BCUT2D eigenvalue weighted by Gasteiger charge is -2.14. The third kappa shape index (κ3) is 4.48. The van der Waals surface area contributed by atoms with Crippen molar-refractivity contribution in [2.24, 2.45) is 0 Å². The molecule has 0 aliphatic rings. The topological polar surface area (TPSA) is 68.0 Å². The maximum absolute atomic E-state index is 12.5. The van der Waals surface area contributed by atoms with Gasteiger partial charge in [-0.2, -0.15) is 16.7 Å². The maximum atomic E-state index is 12.5. The Bertz CT molecular complexity index is 806. The van der Waals surface area contributed by atoms with Crippen LogP contribution in [0.25, 0.3) is 11.4 Å². The summed E-state index contributed by atoms with van der Waals surface area (Å²) in [7, 11) is 0. The van der Waals surface area contributed by atoms with Crippen molar-refractivity contribution in [2.75, 3.05) is 12.0 Å². The van der Waals surface area contributed by atoms with E-state index in [1.807, 2.05) is 54.8 Å². The molecule has 0 unspecified atom stereocenters. The average molecular weight is 353 g/mol. The number of rotatable bonds is 7. The van der Waals surface area contributed by atoms with Crippen LogP contribution in [0.5, 0.6) is 0 Å². The number of hydrogen-bond donors (Lipinski definition) is 1. The van der Waals surface area contributed by atoms with Crippen LogP contribution in [0.1, 0.15) is 28.7 Å². The van der Waals surface area contributed by atoms with E-state index in [2.05, 4.69) is 15.5 Å². The van der Waals surface area contributed by atoms with Crippen LogP contribution in [0.15, 0.2) is 65.2 Å². The van der Waals surface area contributed by atoms with E-state index in [1.165, 1.54) is 0 Å². The second-order valence-corrected chi connectivity index (χ2v) is 6.48. The third-order valence-corrected chi connectivity index (χ3v) is 4.37. The predicted octanol–water partition coefficient (Wildman–Crippen LogP) is 3.96. The number of nitrogens with zero attached hydrogens (tertiary/aromatic N) is 2. The van der Waals surface area contributed by atoms with Gasteiger partial charge in [0.25, 0.3) is 5.91 Å². The van der Waals surface area contributed by atoms with E-state index in [4.69, 9.17) is 4.52 Å². The van der Waals surface area contributed by atoms with Crippen molar-refractivity contribution in [3.8, 4) is 11.4 Å². The average Bonchev–Trinajstić information content (AvgIpc) is 3.16. The van der Waals surface area contributed by atoms with Gasteiger partial charge in [0.15, 0.2) is 0 Å². The minimum atomic E-state index is -0.315. The number of carbonyl (C=O) groups excluding carboxylic acids is 1. The minimum Gasteiger partial charge on any atom is -0.340 e. The minimum absolute atomic E-state index is 0.147. The highest BCUT2D eigenvalue weighted by molar-refractivity contribution is 7.98. The van der Waals surface area contributed by atoms with E-state index in [1.54, 1.807) is 23.9 Å². The molecule has 1 amide bonds. The number of aromatic nitrogens is 2. The lowest BCUT2D eigenvalue weighted by Crippen LogP contribution is -2.29. The molecule has 25 heavy (non-hydrogen) atoms. The van der Waals surface area contributed by atoms with Gasteiger partial charge in [-0.3, -0.25) is 4.79 Å². The van der Waals surface area contributed by atoms with E-state index in [9.17, 15) is 4.79 Å². The summed E-state index contributed by atoms with van der Waals surface area (Å²) < 4.78 is 5.43. The number of amides is 1. The summed E-state index contributed by atoms with van der Waals surface area (Å²) in [6.07, 6.45) is 2.75. The van der Waals surface area contributed by atoms with Crippen LogP contribution >= 0.6 is 11.8 Å². The summed E-state index contributed by atoms with van der Waals surface area (Å²) in [4.78, 5) is 16.9. The lowest BCUT2D eigenvalue weighted by molar-refractivity contribution is 0.0927. The number of nitrogens with one attached hydrogen (secondary N) is 1. The molecule has 0 aliphatic carbocycles. The Hall–Kier alpha value is -2.60. The Morgan fingerprint density at radius 3 is 2.48 bits per heavy atom. The molecule has 5 nitrogen and oxygen atoms in total. The molecule has 3 aromatic rings. The molecule has 0 spiro atoms. The predicted molar refractivity (Wildman–Crippen MR) is 99.4 cm³/mol. The molecule has 128 valence electrons. The number of benzene rings is 2. The van der Waals surface area contributed by atoms with Crippen molar-refractivity contribution in [1.29, 1.82) is 0 Å². The maximum Gasteiger partial charge on any atom is 0.251 e. The van der Waals surface area contributed by atoms with E-state index in [0.29, 0.717) is 17.3 Å². The van der Waals surface area contributed by atoms with E-state index in [0.717, 1.165) is 17.7 Å². The Kier molecular flexibility index (Phi) is 5.85. The van der Waals surface area contributed by atoms with Gasteiger partial charge in [0.2, 0.25) is 11.7 Å². The lowest BCUT2D eigenvalue weighted by atomic mass is 10.1. The van der Waals surface area contributed by atoms with Crippen LogP contribution in [-0.4, -0.2) is 28.1 Å². The summed E-state index contributed by atoms with van der Waals surface area (Å²) in [5, 5.41) is 7.05. The van der Waals surface area contributed by atoms with Gasteiger partial charge in [-0.1, -0.05) is 53.7 Å². The van der Waals surface area contributed by atoms with Crippen molar-refractivity contribution >= 4 is 17.7 Å². The Balaban J connectivity index is 1.79. The van der Waals surface area contributed by atoms with E-state index < -0.39 is 0 Å². The summed E-state index contributed by atoms with van der Waals surface area (Å²) in [5.41, 5.74) is 1.50. The molecule has 0 bridgehead atoms. The SMILES string of the molecule is CSCC[C@@H](NC(=O)c1ccccc1)c1nc(-c2ccccc2)no1. The molecule has 1 atom stereocenters. The van der Waals surface area contributed by atoms with Crippen molar-refractivity contribution < 1.29 is 9.32 Å². The number of hydrogen-bond acceptors (Lipinski definition) is 5. The Morgan fingerprint density at radius 2 is 1.80 bits per heavy atom. The number of carbonyl (C=O) groups is 1.